The lowest BCUT2D eigenvalue weighted by molar-refractivity contribution is -0.137. The fourth-order valence-corrected chi connectivity index (χ4v) is 7.53. The van der Waals surface area contributed by atoms with Crippen molar-refractivity contribution in [3.05, 3.63) is 69.2 Å². The van der Waals surface area contributed by atoms with E-state index in [0.717, 1.165) is 64.6 Å². The Balaban J connectivity index is 0.795. The van der Waals surface area contributed by atoms with E-state index in [2.05, 4.69) is 36.5 Å². The molecule has 0 spiro atoms. The number of hydrogen-bond acceptors (Lipinski definition) is 12. The molecule has 0 aliphatic heterocycles. The molecule has 2 aromatic carbocycles. The Morgan fingerprint density at radius 1 is 0.931 bits per heavy atom. The Morgan fingerprint density at radius 3 is 2.36 bits per heavy atom. The van der Waals surface area contributed by atoms with Crippen LogP contribution in [0, 0.1) is 5.92 Å². The van der Waals surface area contributed by atoms with Crippen LogP contribution in [0.1, 0.15) is 63.0 Å². The molecule has 1 unspecified atom stereocenters. The van der Waals surface area contributed by atoms with Crippen molar-refractivity contribution in [2.24, 2.45) is 13.0 Å². The van der Waals surface area contributed by atoms with Crippen molar-refractivity contribution in [3.8, 4) is 5.75 Å². The Morgan fingerprint density at radius 2 is 1.66 bits per heavy atom. The number of amides is 1. The molecule has 2 aliphatic carbocycles. The maximum absolute atomic E-state index is 13.2. The van der Waals surface area contributed by atoms with Crippen LogP contribution < -0.4 is 21.1 Å². The molecule has 4 aromatic rings. The second-order valence-corrected chi connectivity index (χ2v) is 15.6. The molecule has 2 saturated carbocycles. The fraction of sp³-hybridized carbons (Fsp3) is 0.524. The Labute approximate surface area is 346 Å². The van der Waals surface area contributed by atoms with Gasteiger partial charge in [0.05, 0.1) is 61.0 Å². The molecule has 6 rings (SSSR count). The van der Waals surface area contributed by atoms with E-state index in [9.17, 15) is 19.2 Å². The molecule has 2 aliphatic rings. The summed E-state index contributed by atoms with van der Waals surface area (Å²) in [6.07, 6.45) is 7.76. The van der Waals surface area contributed by atoms with Gasteiger partial charge in [-0.1, -0.05) is 18.6 Å². The van der Waals surface area contributed by atoms with Crippen LogP contribution in [0.3, 0.4) is 0 Å². The minimum Gasteiger partial charge on any atom is -0.491 e. The number of carbonyl (C=O) groups is 3. The number of aromatic nitrogens is 4. The Bertz CT molecular complexity index is 2070. The first-order chi connectivity index (χ1) is 28.2. The number of fused-ring (bicyclic) bond motifs is 1. The third kappa shape index (κ3) is 11.5. The van der Waals surface area contributed by atoms with Gasteiger partial charge in [-0.3, -0.25) is 23.5 Å². The van der Waals surface area contributed by atoms with Gasteiger partial charge in [0.1, 0.15) is 24.0 Å². The van der Waals surface area contributed by atoms with Crippen molar-refractivity contribution >= 4 is 61.9 Å². The van der Waals surface area contributed by atoms with E-state index in [4.69, 9.17) is 18.9 Å². The lowest BCUT2D eigenvalue weighted by Crippen LogP contribution is -2.37. The maximum Gasteiger partial charge on any atom is 0.329 e. The van der Waals surface area contributed by atoms with Gasteiger partial charge >= 0.3 is 5.69 Å². The number of ketones is 2. The van der Waals surface area contributed by atoms with Gasteiger partial charge in [-0.2, -0.15) is 4.98 Å². The summed E-state index contributed by atoms with van der Waals surface area (Å²) in [5.74, 6) is 2.08. The number of carbonyl (C=O) groups excluding carboxylic acids is 3. The molecule has 0 saturated heterocycles. The normalized spacial score (nSPS) is 15.7. The van der Waals surface area contributed by atoms with E-state index in [-0.39, 0.29) is 35.5 Å². The Hall–Kier alpha value is -4.64. The van der Waals surface area contributed by atoms with Gasteiger partial charge in [0.25, 0.3) is 0 Å². The van der Waals surface area contributed by atoms with Gasteiger partial charge in [0.2, 0.25) is 11.9 Å². The van der Waals surface area contributed by atoms with Crippen molar-refractivity contribution in [3.63, 3.8) is 0 Å². The molecule has 2 aromatic heterocycles. The number of hydrogen-bond donors (Lipinski definition) is 2. The third-order valence-corrected chi connectivity index (χ3v) is 11.1. The summed E-state index contributed by atoms with van der Waals surface area (Å²) in [6.45, 7) is 4.56. The molecule has 0 radical (unpaired) electrons. The summed E-state index contributed by atoms with van der Waals surface area (Å²) in [7, 11) is 3.61. The summed E-state index contributed by atoms with van der Waals surface area (Å²) in [6, 6.07) is 12.7. The molecule has 2 heterocycles. The monoisotopic (exact) mass is 863 g/mol. The topological polar surface area (TPSA) is 168 Å². The summed E-state index contributed by atoms with van der Waals surface area (Å²) in [5, 5.41) is 6.56. The quantitative estimate of drug-likeness (QED) is 0.0699. The fourth-order valence-electron chi connectivity index (χ4n) is 7.19. The lowest BCUT2D eigenvalue weighted by atomic mass is 9.84. The van der Waals surface area contributed by atoms with Crippen LogP contribution in [0.25, 0.3) is 11.0 Å². The van der Waals surface area contributed by atoms with E-state index in [0.29, 0.717) is 90.4 Å². The minimum absolute atomic E-state index is 0.0624. The molecule has 2 fully saturated rings. The minimum atomic E-state index is -0.594. The molecule has 312 valence electrons. The van der Waals surface area contributed by atoms with Crippen molar-refractivity contribution in [2.45, 2.75) is 63.8 Å². The second-order valence-electron chi connectivity index (χ2n) is 14.7. The molecule has 1 amide bonds. The number of benzene rings is 2. The average Bonchev–Trinajstić information content (AvgIpc) is 3.45. The van der Waals surface area contributed by atoms with Crippen molar-refractivity contribution < 1.29 is 33.3 Å². The van der Waals surface area contributed by atoms with Crippen LogP contribution in [-0.2, 0) is 42.1 Å². The number of nitrogens with one attached hydrogen (secondary N) is 2. The number of nitrogens with zero attached hydrogens (tertiary/aromatic N) is 5. The predicted octanol–water partition coefficient (Wildman–Crippen LogP) is 5.62. The molecular formula is C42H54BrN7O8. The van der Waals surface area contributed by atoms with Gasteiger partial charge in [-0.15, -0.1) is 0 Å². The van der Waals surface area contributed by atoms with E-state index in [1.807, 2.05) is 54.4 Å². The zero-order valence-electron chi connectivity index (χ0n) is 33.4. The maximum atomic E-state index is 13.2. The molecule has 1 atom stereocenters. The smallest absolute Gasteiger partial charge is 0.329 e. The number of para-hydroxylation sites is 1. The number of anilines is 3. The van der Waals surface area contributed by atoms with Crippen LogP contribution >= 0.6 is 15.9 Å². The molecule has 16 heteroatoms. The van der Waals surface area contributed by atoms with Gasteiger partial charge in [0.15, 0.2) is 5.78 Å². The first-order valence-corrected chi connectivity index (χ1v) is 21.0. The highest BCUT2D eigenvalue weighted by molar-refractivity contribution is 9.10. The highest BCUT2D eigenvalue weighted by Crippen LogP contribution is 2.29. The number of imidazole rings is 1. The van der Waals surface area contributed by atoms with Gasteiger partial charge in [-0.05, 0) is 90.4 Å². The van der Waals surface area contributed by atoms with Crippen LogP contribution in [-0.4, -0.2) is 108 Å². The largest absolute Gasteiger partial charge is 0.491 e. The molecule has 0 bridgehead atoms. The molecule has 2 N–H and O–H groups in total. The van der Waals surface area contributed by atoms with Crippen LogP contribution in [0.5, 0.6) is 5.75 Å². The summed E-state index contributed by atoms with van der Waals surface area (Å²) < 4.78 is 26.8. The zero-order chi connectivity index (χ0) is 40.9. The molecule has 15 nitrogen and oxygen atoms in total. The van der Waals surface area contributed by atoms with E-state index in [1.165, 1.54) is 0 Å². The number of rotatable bonds is 23. The van der Waals surface area contributed by atoms with Gasteiger partial charge < -0.3 is 34.5 Å². The van der Waals surface area contributed by atoms with Crippen molar-refractivity contribution in [1.29, 1.82) is 0 Å². The van der Waals surface area contributed by atoms with E-state index >= 15 is 0 Å². The molecule has 58 heavy (non-hydrogen) atoms. The number of halogens is 1. The summed E-state index contributed by atoms with van der Waals surface area (Å²) in [4.78, 5) is 60.7. The van der Waals surface area contributed by atoms with E-state index < -0.39 is 6.04 Å². The highest BCUT2D eigenvalue weighted by atomic mass is 79.9. The number of Topliss-reactive ketones (excluding diaryl/α,β-unsaturated/α-hetero) is 2. The first-order valence-electron chi connectivity index (χ1n) is 20.2. The van der Waals surface area contributed by atoms with Crippen molar-refractivity contribution in [2.75, 3.05) is 77.0 Å². The third-order valence-electron chi connectivity index (χ3n) is 10.6. The highest BCUT2D eigenvalue weighted by Gasteiger charge is 2.32. The SMILES string of the molecule is CN(CCCNc1nc(Nc2ccc(OCCOCCOCCOCCCc3cccc4c3n(C)c(=O)n4C3CCC(=O)CC3=O)cc2)ncc1Br)C(=O)C1CCC1. The number of aryl methyl sites for hydroxylation is 2. The standard InChI is InChI=1S/C42H54BrN7O8/c1-48(40(53)30-8-3-9-30)19-6-18-44-39-34(43)28-45-41(47-39)46-31-12-15-33(16-13-31)58-26-25-57-24-23-56-22-21-55-20-5-10-29-7-4-11-36-38(29)49(2)42(54)50(36)35-17-14-32(51)27-37(35)52/h4,7,11-13,15-16,28,30,35H,3,5-6,8-10,14,17-27H2,1-2H3,(H2,44,45,46,47). The average molecular weight is 865 g/mol. The van der Waals surface area contributed by atoms with Gasteiger partial charge in [0, 0.05) is 58.0 Å². The predicted molar refractivity (Wildman–Crippen MR) is 224 cm³/mol. The zero-order valence-corrected chi connectivity index (χ0v) is 35.0. The number of ether oxygens (including phenoxy) is 4. The summed E-state index contributed by atoms with van der Waals surface area (Å²) in [5.41, 5.74) is 3.15. The van der Waals surface area contributed by atoms with E-state index in [1.54, 1.807) is 22.4 Å². The first kappa shape index (κ1) is 43.0. The van der Waals surface area contributed by atoms with Crippen LogP contribution in [0.2, 0.25) is 0 Å². The summed E-state index contributed by atoms with van der Waals surface area (Å²) >= 11 is 3.51. The molecular weight excluding hydrogens is 810 g/mol. The van der Waals surface area contributed by atoms with Crippen LogP contribution in [0.15, 0.2) is 57.9 Å². The van der Waals surface area contributed by atoms with Gasteiger partial charge in [-0.25, -0.2) is 9.78 Å². The Kier molecular flexibility index (Phi) is 15.8. The van der Waals surface area contributed by atoms with Crippen molar-refractivity contribution in [1.82, 2.24) is 24.0 Å². The lowest BCUT2D eigenvalue weighted by Gasteiger charge is -2.29. The van der Waals surface area contributed by atoms with Crippen LogP contribution in [0.4, 0.5) is 17.5 Å². The second kappa shape index (κ2) is 21.4.